The number of hydrogen-bond acceptors (Lipinski definition) is 3. The number of rotatable bonds is 6. The predicted octanol–water partition coefficient (Wildman–Crippen LogP) is 2.38. The average molecular weight is 355 g/mol. The summed E-state index contributed by atoms with van der Waals surface area (Å²) in [6.07, 6.45) is 4.52. The van der Waals surface area contributed by atoms with Crippen LogP contribution in [0.5, 0.6) is 0 Å². The Balaban J connectivity index is 2.15. The van der Waals surface area contributed by atoms with Gasteiger partial charge < -0.3 is 10.8 Å². The molecule has 1 fully saturated rings. The Labute approximate surface area is 132 Å². The van der Waals surface area contributed by atoms with Gasteiger partial charge in [0.25, 0.3) is 0 Å². The fraction of sp³-hybridized carbons (Fsp3) is 0.467. The Morgan fingerprint density at radius 1 is 1.33 bits per heavy atom. The zero-order chi connectivity index (χ0) is 15.4. The normalized spacial score (nSPS) is 15.5. The second-order valence-electron chi connectivity index (χ2n) is 5.42. The van der Waals surface area contributed by atoms with Crippen molar-refractivity contribution < 1.29 is 14.7 Å². The van der Waals surface area contributed by atoms with Gasteiger partial charge in [0.2, 0.25) is 5.91 Å². The molecule has 3 N–H and O–H groups in total. The summed E-state index contributed by atoms with van der Waals surface area (Å²) in [6.45, 7) is 0.825. The van der Waals surface area contributed by atoms with Crippen LogP contribution in [0.25, 0.3) is 0 Å². The fourth-order valence-corrected chi connectivity index (χ4v) is 3.32. The third-order valence-electron chi connectivity index (χ3n) is 3.87. The van der Waals surface area contributed by atoms with Gasteiger partial charge in [0.15, 0.2) is 0 Å². The predicted molar refractivity (Wildman–Crippen MR) is 83.0 cm³/mol. The van der Waals surface area contributed by atoms with Gasteiger partial charge in [0.05, 0.1) is 12.1 Å². The van der Waals surface area contributed by atoms with E-state index in [1.54, 1.807) is 18.2 Å². The number of halogens is 1. The molecule has 0 unspecified atom stereocenters. The van der Waals surface area contributed by atoms with Crippen LogP contribution in [0.2, 0.25) is 0 Å². The molecule has 0 bridgehead atoms. The number of aromatic carboxylic acids is 1. The first-order chi connectivity index (χ1) is 9.97. The molecule has 5 nitrogen and oxygen atoms in total. The van der Waals surface area contributed by atoms with Gasteiger partial charge in [0.1, 0.15) is 0 Å². The van der Waals surface area contributed by atoms with E-state index < -0.39 is 5.97 Å². The van der Waals surface area contributed by atoms with Crippen molar-refractivity contribution >= 4 is 27.8 Å². The molecule has 1 amide bonds. The lowest BCUT2D eigenvalue weighted by Gasteiger charge is -2.28. The second-order valence-corrected chi connectivity index (χ2v) is 6.28. The van der Waals surface area contributed by atoms with Gasteiger partial charge in [-0.1, -0.05) is 34.8 Å². The summed E-state index contributed by atoms with van der Waals surface area (Å²) in [4.78, 5) is 24.3. The molecule has 0 spiro atoms. The van der Waals surface area contributed by atoms with Crippen molar-refractivity contribution in [2.45, 2.75) is 38.3 Å². The van der Waals surface area contributed by atoms with Gasteiger partial charge in [-0.25, -0.2) is 4.79 Å². The lowest BCUT2D eigenvalue weighted by molar-refractivity contribution is -0.119. The fourth-order valence-electron chi connectivity index (χ4n) is 2.81. The maximum Gasteiger partial charge on any atom is 0.335 e. The standard InChI is InChI=1S/C15H19BrN2O3/c16-13-7-10(15(20)21)5-6-11(13)8-18(9-14(17)19)12-3-1-2-4-12/h5-7,12H,1-4,8-9H2,(H2,17,19)(H,20,21). The number of carboxylic acids is 1. The Kier molecular flexibility index (Phi) is 5.36. The van der Waals surface area contributed by atoms with E-state index in [0.717, 1.165) is 22.9 Å². The molecule has 114 valence electrons. The van der Waals surface area contributed by atoms with Crippen molar-refractivity contribution in [3.05, 3.63) is 33.8 Å². The minimum Gasteiger partial charge on any atom is -0.478 e. The van der Waals surface area contributed by atoms with E-state index >= 15 is 0 Å². The van der Waals surface area contributed by atoms with Crippen molar-refractivity contribution in [3.8, 4) is 0 Å². The number of nitrogens with zero attached hydrogens (tertiary/aromatic N) is 1. The summed E-state index contributed by atoms with van der Waals surface area (Å²) in [6, 6.07) is 5.34. The molecule has 1 aliphatic rings. The van der Waals surface area contributed by atoms with E-state index in [9.17, 15) is 9.59 Å². The van der Waals surface area contributed by atoms with Crippen LogP contribution in [0.1, 0.15) is 41.6 Å². The summed E-state index contributed by atoms with van der Waals surface area (Å²) < 4.78 is 0.745. The largest absolute Gasteiger partial charge is 0.478 e. The zero-order valence-electron chi connectivity index (χ0n) is 11.7. The monoisotopic (exact) mass is 354 g/mol. The highest BCUT2D eigenvalue weighted by molar-refractivity contribution is 9.10. The molecule has 2 rings (SSSR count). The maximum atomic E-state index is 11.3. The highest BCUT2D eigenvalue weighted by Gasteiger charge is 2.24. The van der Waals surface area contributed by atoms with Crippen LogP contribution in [0.4, 0.5) is 0 Å². The molecule has 0 heterocycles. The van der Waals surface area contributed by atoms with Crippen LogP contribution in [0, 0.1) is 0 Å². The molecule has 1 aromatic carbocycles. The van der Waals surface area contributed by atoms with Gasteiger partial charge in [-0.3, -0.25) is 9.69 Å². The summed E-state index contributed by atoms with van der Waals surface area (Å²) in [5.74, 6) is -1.28. The highest BCUT2D eigenvalue weighted by atomic mass is 79.9. The van der Waals surface area contributed by atoms with E-state index in [2.05, 4.69) is 20.8 Å². The van der Waals surface area contributed by atoms with E-state index in [1.807, 2.05) is 0 Å². The Hall–Kier alpha value is -1.40. The Morgan fingerprint density at radius 2 is 2.00 bits per heavy atom. The van der Waals surface area contributed by atoms with Crippen molar-refractivity contribution in [2.75, 3.05) is 6.54 Å². The highest BCUT2D eigenvalue weighted by Crippen LogP contribution is 2.27. The van der Waals surface area contributed by atoms with Gasteiger partial charge in [-0.15, -0.1) is 0 Å². The van der Waals surface area contributed by atoms with Crippen LogP contribution in [-0.4, -0.2) is 34.5 Å². The molecule has 1 aromatic rings. The molecule has 0 atom stereocenters. The molecule has 0 radical (unpaired) electrons. The minimum absolute atomic E-state index is 0.234. The Bertz CT molecular complexity index is 542. The molecular weight excluding hydrogens is 336 g/mol. The number of amides is 1. The first kappa shape index (κ1) is 16.0. The molecule has 1 saturated carbocycles. The van der Waals surface area contributed by atoms with Gasteiger partial charge in [-0.2, -0.15) is 0 Å². The molecule has 21 heavy (non-hydrogen) atoms. The lowest BCUT2D eigenvalue weighted by Crippen LogP contribution is -2.39. The molecule has 0 saturated heterocycles. The van der Waals surface area contributed by atoms with Crippen molar-refractivity contribution in [2.24, 2.45) is 5.73 Å². The summed E-state index contributed by atoms with van der Waals surface area (Å²) in [5.41, 5.74) is 6.56. The van der Waals surface area contributed by atoms with Gasteiger partial charge >= 0.3 is 5.97 Å². The van der Waals surface area contributed by atoms with Crippen LogP contribution in [-0.2, 0) is 11.3 Å². The van der Waals surface area contributed by atoms with Gasteiger partial charge in [-0.05, 0) is 30.5 Å². The quantitative estimate of drug-likeness (QED) is 0.821. The van der Waals surface area contributed by atoms with Crippen LogP contribution < -0.4 is 5.73 Å². The summed E-state index contributed by atoms with van der Waals surface area (Å²) >= 11 is 3.41. The topological polar surface area (TPSA) is 83.6 Å². The molecule has 6 heteroatoms. The van der Waals surface area contributed by atoms with Crippen molar-refractivity contribution in [3.63, 3.8) is 0 Å². The number of nitrogens with two attached hydrogens (primary N) is 1. The zero-order valence-corrected chi connectivity index (χ0v) is 13.3. The minimum atomic E-state index is -0.952. The first-order valence-electron chi connectivity index (χ1n) is 7.01. The van der Waals surface area contributed by atoms with E-state index in [4.69, 9.17) is 10.8 Å². The number of carbonyl (C=O) groups excluding carboxylic acids is 1. The molecule has 1 aliphatic carbocycles. The lowest BCUT2D eigenvalue weighted by atomic mass is 10.1. The molecular formula is C15H19BrN2O3. The molecule has 0 aromatic heterocycles. The maximum absolute atomic E-state index is 11.3. The van der Waals surface area contributed by atoms with Crippen LogP contribution >= 0.6 is 15.9 Å². The first-order valence-corrected chi connectivity index (χ1v) is 7.80. The summed E-state index contributed by atoms with van der Waals surface area (Å²) in [5, 5.41) is 8.98. The average Bonchev–Trinajstić information content (AvgIpc) is 2.93. The van der Waals surface area contributed by atoms with E-state index in [0.29, 0.717) is 12.6 Å². The smallest absolute Gasteiger partial charge is 0.335 e. The van der Waals surface area contributed by atoms with E-state index in [-0.39, 0.29) is 18.0 Å². The third kappa shape index (κ3) is 4.28. The summed E-state index contributed by atoms with van der Waals surface area (Å²) in [7, 11) is 0. The number of hydrogen-bond donors (Lipinski definition) is 2. The van der Waals surface area contributed by atoms with Gasteiger partial charge in [0, 0.05) is 17.1 Å². The van der Waals surface area contributed by atoms with Crippen LogP contribution in [0.3, 0.4) is 0 Å². The van der Waals surface area contributed by atoms with Crippen molar-refractivity contribution in [1.29, 1.82) is 0 Å². The number of primary amides is 1. The second kappa shape index (κ2) is 7.04. The number of carbonyl (C=O) groups is 2. The van der Waals surface area contributed by atoms with Crippen molar-refractivity contribution in [1.82, 2.24) is 4.90 Å². The SMILES string of the molecule is NC(=O)CN(Cc1ccc(C(=O)O)cc1Br)C1CCCC1. The van der Waals surface area contributed by atoms with E-state index in [1.165, 1.54) is 12.8 Å². The third-order valence-corrected chi connectivity index (χ3v) is 4.61. The van der Waals surface area contributed by atoms with Crippen LogP contribution in [0.15, 0.2) is 22.7 Å². The number of benzene rings is 1. The Morgan fingerprint density at radius 3 is 2.52 bits per heavy atom. The number of carboxylic acid groups (broad SMARTS) is 1. The molecule has 0 aliphatic heterocycles.